The zero-order valence-corrected chi connectivity index (χ0v) is 18.3. The van der Waals surface area contributed by atoms with Gasteiger partial charge < -0.3 is 9.47 Å². The maximum atomic E-state index is 13.9. The number of hydrogen-bond donors (Lipinski definition) is 1. The van der Waals surface area contributed by atoms with E-state index in [2.05, 4.69) is 20.8 Å². The molecule has 0 bridgehead atoms. The van der Waals surface area contributed by atoms with E-state index in [1.165, 1.54) is 30.1 Å². The standard InChI is InChI=1S/C23H19ClFN5O3/c1-32-22-11-15(9-10-21(22)33-14-16-17(24)5-4-6-18(16)25)12-26-28-23(31)13-30-20-8-3-2-7-19(20)27-29-30/h2-12H,13-14H2,1H3,(H,28,31)/b26-12-. The number of ether oxygens (including phenoxy) is 2. The van der Waals surface area contributed by atoms with E-state index in [1.807, 2.05) is 24.3 Å². The monoisotopic (exact) mass is 467 g/mol. The zero-order valence-electron chi connectivity index (χ0n) is 17.5. The second kappa shape index (κ2) is 10.1. The molecule has 0 unspecified atom stereocenters. The summed E-state index contributed by atoms with van der Waals surface area (Å²) >= 11 is 6.04. The predicted octanol–water partition coefficient (Wildman–Crippen LogP) is 3.96. The number of aromatic nitrogens is 3. The van der Waals surface area contributed by atoms with Crippen LogP contribution in [0.25, 0.3) is 11.0 Å². The minimum atomic E-state index is -0.445. The highest BCUT2D eigenvalue weighted by atomic mass is 35.5. The van der Waals surface area contributed by atoms with Crippen molar-refractivity contribution in [3.63, 3.8) is 0 Å². The average molecular weight is 468 g/mol. The molecule has 0 aliphatic rings. The smallest absolute Gasteiger partial charge is 0.261 e. The van der Waals surface area contributed by atoms with Gasteiger partial charge in [-0.05, 0) is 48.0 Å². The topological polar surface area (TPSA) is 90.6 Å². The van der Waals surface area contributed by atoms with Gasteiger partial charge in [0.25, 0.3) is 5.91 Å². The van der Waals surface area contributed by atoms with Crippen molar-refractivity contribution in [2.45, 2.75) is 13.2 Å². The van der Waals surface area contributed by atoms with Gasteiger partial charge in [0.2, 0.25) is 0 Å². The van der Waals surface area contributed by atoms with Gasteiger partial charge in [-0.15, -0.1) is 5.10 Å². The molecule has 1 heterocycles. The molecule has 1 N–H and O–H groups in total. The summed E-state index contributed by atoms with van der Waals surface area (Å²) in [7, 11) is 1.49. The minimum absolute atomic E-state index is 0.0213. The lowest BCUT2D eigenvalue weighted by Gasteiger charge is -2.12. The van der Waals surface area contributed by atoms with E-state index >= 15 is 0 Å². The lowest BCUT2D eigenvalue weighted by Crippen LogP contribution is -2.23. The molecular formula is C23H19ClFN5O3. The summed E-state index contributed by atoms with van der Waals surface area (Å²) in [6.07, 6.45) is 1.47. The number of hydrazone groups is 1. The Morgan fingerprint density at radius 1 is 1.18 bits per heavy atom. The maximum Gasteiger partial charge on any atom is 0.261 e. The van der Waals surface area contributed by atoms with Gasteiger partial charge in [0, 0.05) is 5.56 Å². The van der Waals surface area contributed by atoms with Crippen molar-refractivity contribution >= 4 is 34.8 Å². The molecule has 4 rings (SSSR count). The van der Waals surface area contributed by atoms with Gasteiger partial charge in [-0.2, -0.15) is 5.10 Å². The van der Waals surface area contributed by atoms with E-state index in [0.29, 0.717) is 22.6 Å². The molecule has 33 heavy (non-hydrogen) atoms. The molecule has 0 fully saturated rings. The Bertz CT molecular complexity index is 1300. The summed E-state index contributed by atoms with van der Waals surface area (Å²) in [5, 5.41) is 12.2. The first-order chi connectivity index (χ1) is 16.0. The molecule has 8 nitrogen and oxygen atoms in total. The highest BCUT2D eigenvalue weighted by molar-refractivity contribution is 6.31. The molecule has 0 radical (unpaired) electrons. The Morgan fingerprint density at radius 2 is 2.03 bits per heavy atom. The van der Waals surface area contributed by atoms with E-state index in [1.54, 1.807) is 24.3 Å². The molecule has 4 aromatic rings. The van der Waals surface area contributed by atoms with Crippen molar-refractivity contribution in [2.75, 3.05) is 7.11 Å². The van der Waals surface area contributed by atoms with Gasteiger partial charge in [-0.1, -0.05) is 35.0 Å². The number of benzene rings is 3. The Hall–Kier alpha value is -3.98. The normalized spacial score (nSPS) is 11.1. The van der Waals surface area contributed by atoms with Gasteiger partial charge in [-0.3, -0.25) is 4.79 Å². The van der Waals surface area contributed by atoms with Crippen LogP contribution in [-0.2, 0) is 17.9 Å². The number of hydrogen-bond acceptors (Lipinski definition) is 6. The van der Waals surface area contributed by atoms with Crippen LogP contribution in [0.1, 0.15) is 11.1 Å². The Kier molecular flexibility index (Phi) is 6.80. The van der Waals surface area contributed by atoms with Gasteiger partial charge in [0.1, 0.15) is 24.5 Å². The largest absolute Gasteiger partial charge is 0.493 e. The first kappa shape index (κ1) is 22.2. The fraction of sp³-hybridized carbons (Fsp3) is 0.130. The third kappa shape index (κ3) is 5.27. The summed E-state index contributed by atoms with van der Waals surface area (Å²) in [5.74, 6) is 0.0401. The fourth-order valence-electron chi connectivity index (χ4n) is 3.09. The van der Waals surface area contributed by atoms with E-state index in [0.717, 1.165) is 5.52 Å². The number of carbonyl (C=O) groups excluding carboxylic acids is 1. The predicted molar refractivity (Wildman–Crippen MR) is 122 cm³/mol. The van der Waals surface area contributed by atoms with Crippen LogP contribution >= 0.6 is 11.6 Å². The Labute approximate surface area is 193 Å². The Morgan fingerprint density at radius 3 is 2.85 bits per heavy atom. The lowest BCUT2D eigenvalue weighted by molar-refractivity contribution is -0.121. The summed E-state index contributed by atoms with van der Waals surface area (Å²) in [6.45, 7) is -0.0745. The molecule has 0 aliphatic carbocycles. The number of fused-ring (bicyclic) bond motifs is 1. The second-order valence-corrected chi connectivity index (χ2v) is 7.34. The fourth-order valence-corrected chi connectivity index (χ4v) is 3.31. The van der Waals surface area contributed by atoms with Crippen LogP contribution in [0, 0.1) is 5.82 Å². The molecule has 168 valence electrons. The first-order valence-electron chi connectivity index (χ1n) is 9.89. The number of nitrogens with one attached hydrogen (secondary N) is 1. The maximum absolute atomic E-state index is 13.9. The molecule has 0 saturated carbocycles. The van der Waals surface area contributed by atoms with Crippen LogP contribution in [0.4, 0.5) is 4.39 Å². The third-order valence-corrected chi connectivity index (χ3v) is 5.09. The SMILES string of the molecule is COc1cc(/C=N\NC(=O)Cn2nnc3ccccc32)ccc1OCc1c(F)cccc1Cl. The molecule has 10 heteroatoms. The van der Waals surface area contributed by atoms with Crippen molar-refractivity contribution < 1.29 is 18.7 Å². The summed E-state index contributed by atoms with van der Waals surface area (Å²) in [4.78, 5) is 12.2. The van der Waals surface area contributed by atoms with E-state index < -0.39 is 5.82 Å². The number of amides is 1. The van der Waals surface area contributed by atoms with E-state index in [9.17, 15) is 9.18 Å². The van der Waals surface area contributed by atoms with Crippen LogP contribution in [-0.4, -0.2) is 34.2 Å². The number of rotatable bonds is 8. The number of methoxy groups -OCH3 is 1. The van der Waals surface area contributed by atoms with Crippen LogP contribution in [0.15, 0.2) is 65.8 Å². The van der Waals surface area contributed by atoms with Gasteiger partial charge in [0.05, 0.1) is 23.9 Å². The quantitative estimate of drug-likeness (QED) is 0.313. The number of nitrogens with zero attached hydrogens (tertiary/aromatic N) is 4. The van der Waals surface area contributed by atoms with Crippen LogP contribution in [0.2, 0.25) is 5.02 Å². The van der Waals surface area contributed by atoms with Crippen LogP contribution in [0.5, 0.6) is 11.5 Å². The van der Waals surface area contributed by atoms with E-state index in [-0.39, 0.29) is 29.6 Å². The minimum Gasteiger partial charge on any atom is -0.493 e. The molecule has 0 spiro atoms. The molecule has 3 aromatic carbocycles. The van der Waals surface area contributed by atoms with Crippen LogP contribution < -0.4 is 14.9 Å². The number of carbonyl (C=O) groups is 1. The molecule has 1 aromatic heterocycles. The molecular weight excluding hydrogens is 449 g/mol. The van der Waals surface area contributed by atoms with Crippen molar-refractivity contribution in [3.05, 3.63) is 82.6 Å². The van der Waals surface area contributed by atoms with Crippen molar-refractivity contribution in [1.29, 1.82) is 0 Å². The third-order valence-electron chi connectivity index (χ3n) is 4.74. The summed E-state index contributed by atoms with van der Waals surface area (Å²) in [6, 6.07) is 16.9. The van der Waals surface area contributed by atoms with Gasteiger partial charge in [0.15, 0.2) is 11.5 Å². The van der Waals surface area contributed by atoms with Gasteiger partial charge in [-0.25, -0.2) is 14.5 Å². The first-order valence-corrected chi connectivity index (χ1v) is 10.3. The Balaban J connectivity index is 1.37. The van der Waals surface area contributed by atoms with Crippen LogP contribution in [0.3, 0.4) is 0 Å². The number of halogens is 2. The molecule has 0 aliphatic heterocycles. The zero-order chi connectivity index (χ0) is 23.2. The summed E-state index contributed by atoms with van der Waals surface area (Å²) in [5.41, 5.74) is 4.85. The summed E-state index contributed by atoms with van der Waals surface area (Å²) < 4.78 is 26.5. The molecule has 0 saturated heterocycles. The van der Waals surface area contributed by atoms with Crippen molar-refractivity contribution in [2.24, 2.45) is 5.10 Å². The molecule has 1 amide bonds. The number of para-hydroxylation sites is 1. The van der Waals surface area contributed by atoms with E-state index in [4.69, 9.17) is 21.1 Å². The highest BCUT2D eigenvalue weighted by Crippen LogP contribution is 2.29. The second-order valence-electron chi connectivity index (χ2n) is 6.93. The van der Waals surface area contributed by atoms with Gasteiger partial charge >= 0.3 is 0 Å². The van der Waals surface area contributed by atoms with Crippen molar-refractivity contribution in [1.82, 2.24) is 20.4 Å². The molecule has 0 atom stereocenters. The average Bonchev–Trinajstić information content (AvgIpc) is 3.22. The van der Waals surface area contributed by atoms with Crippen molar-refractivity contribution in [3.8, 4) is 11.5 Å². The highest BCUT2D eigenvalue weighted by Gasteiger charge is 2.11. The lowest BCUT2D eigenvalue weighted by atomic mass is 10.2.